The van der Waals surface area contributed by atoms with Crippen LogP contribution in [0.5, 0.6) is 0 Å². The quantitative estimate of drug-likeness (QED) is 0.607. The van der Waals surface area contributed by atoms with Gasteiger partial charge < -0.3 is 0 Å². The summed E-state index contributed by atoms with van der Waals surface area (Å²) in [6, 6.07) is 13.5. The van der Waals surface area contributed by atoms with Gasteiger partial charge in [0.05, 0.1) is 6.57 Å². The molecule has 0 saturated carbocycles. The molecule has 2 aromatic rings. The Kier molecular flexibility index (Phi) is 2.47. The Labute approximate surface area is 87.6 Å². The van der Waals surface area contributed by atoms with Crippen LogP contribution in [0.3, 0.4) is 0 Å². The summed E-state index contributed by atoms with van der Waals surface area (Å²) in [6.45, 7) is 7.03. The van der Waals surface area contributed by atoms with Crippen molar-refractivity contribution in [3.05, 3.63) is 65.8 Å². The molecule has 72 valence electrons. The van der Waals surface area contributed by atoms with Crippen LogP contribution in [0.4, 0.5) is 10.1 Å². The van der Waals surface area contributed by atoms with Gasteiger partial charge in [-0.15, -0.1) is 0 Å². The van der Waals surface area contributed by atoms with Crippen molar-refractivity contribution in [2.75, 3.05) is 0 Å². The van der Waals surface area contributed by atoms with E-state index in [2.05, 4.69) is 4.85 Å². The first-order valence-corrected chi connectivity index (χ1v) is 4.53. The van der Waals surface area contributed by atoms with E-state index in [1.165, 1.54) is 12.1 Å². The lowest BCUT2D eigenvalue weighted by Gasteiger charge is -2.03. The largest absolute Gasteiger partial charge is 0.238 e. The van der Waals surface area contributed by atoms with Crippen LogP contribution in [-0.4, -0.2) is 0 Å². The van der Waals surface area contributed by atoms with E-state index in [1.54, 1.807) is 18.2 Å². The highest BCUT2D eigenvalue weighted by Crippen LogP contribution is 2.29. The highest BCUT2D eigenvalue weighted by molar-refractivity contribution is 5.78. The van der Waals surface area contributed by atoms with Gasteiger partial charge in [-0.05, 0) is 23.3 Å². The molecular weight excluding hydrogens is 189 g/mol. The summed E-state index contributed by atoms with van der Waals surface area (Å²) in [5, 5.41) is 0. The maximum Gasteiger partial charge on any atom is 0.194 e. The predicted octanol–water partition coefficient (Wildman–Crippen LogP) is 4.04. The van der Waals surface area contributed by atoms with E-state index in [4.69, 9.17) is 6.57 Å². The molecule has 0 saturated heterocycles. The monoisotopic (exact) mass is 197 g/mol. The van der Waals surface area contributed by atoms with Gasteiger partial charge in [0.2, 0.25) is 0 Å². The van der Waals surface area contributed by atoms with Crippen molar-refractivity contribution in [2.45, 2.75) is 0 Å². The van der Waals surface area contributed by atoms with Crippen molar-refractivity contribution in [1.29, 1.82) is 0 Å². The Balaban J connectivity index is 2.55. The minimum Gasteiger partial charge on any atom is -0.238 e. The average molecular weight is 197 g/mol. The molecule has 2 rings (SSSR count). The average Bonchev–Trinajstić information content (AvgIpc) is 2.30. The van der Waals surface area contributed by atoms with Crippen LogP contribution < -0.4 is 0 Å². The lowest BCUT2D eigenvalue weighted by molar-refractivity contribution is 0.628. The number of rotatable bonds is 1. The van der Waals surface area contributed by atoms with Crippen LogP contribution >= 0.6 is 0 Å². The standard InChI is InChI=1S/C13H8FN/c1-15-13-5-3-2-4-12(13)10-6-8-11(14)9-7-10/h2-9H. The minimum absolute atomic E-state index is 0.265. The third-order valence-electron chi connectivity index (χ3n) is 2.18. The SMILES string of the molecule is [C-]#[N+]c1ccccc1-c1ccc(F)cc1. The van der Waals surface area contributed by atoms with Crippen molar-refractivity contribution in [3.63, 3.8) is 0 Å². The van der Waals surface area contributed by atoms with Crippen LogP contribution in [0, 0.1) is 12.4 Å². The van der Waals surface area contributed by atoms with Gasteiger partial charge in [-0.1, -0.05) is 36.4 Å². The highest BCUT2D eigenvalue weighted by atomic mass is 19.1. The fourth-order valence-electron chi connectivity index (χ4n) is 1.44. The van der Waals surface area contributed by atoms with Gasteiger partial charge in [-0.2, -0.15) is 0 Å². The number of nitrogens with zero attached hydrogens (tertiary/aromatic N) is 1. The van der Waals surface area contributed by atoms with E-state index in [0.717, 1.165) is 11.1 Å². The van der Waals surface area contributed by atoms with Crippen LogP contribution in [0.1, 0.15) is 0 Å². The molecule has 0 spiro atoms. The fourth-order valence-corrected chi connectivity index (χ4v) is 1.44. The summed E-state index contributed by atoms with van der Waals surface area (Å²) in [7, 11) is 0. The molecule has 0 aromatic heterocycles. The van der Waals surface area contributed by atoms with Gasteiger partial charge in [-0.3, -0.25) is 0 Å². The van der Waals surface area contributed by atoms with Crippen molar-refractivity contribution < 1.29 is 4.39 Å². The molecule has 0 N–H and O–H groups in total. The molecule has 0 aliphatic rings. The van der Waals surface area contributed by atoms with E-state index < -0.39 is 0 Å². The number of hydrogen-bond acceptors (Lipinski definition) is 0. The van der Waals surface area contributed by atoms with Crippen molar-refractivity contribution in [1.82, 2.24) is 0 Å². The number of para-hydroxylation sites is 1. The van der Waals surface area contributed by atoms with E-state index in [1.807, 2.05) is 18.2 Å². The van der Waals surface area contributed by atoms with E-state index in [9.17, 15) is 4.39 Å². The molecule has 0 amide bonds. The maximum atomic E-state index is 12.7. The fraction of sp³-hybridized carbons (Fsp3) is 0. The van der Waals surface area contributed by atoms with Crippen molar-refractivity contribution in [2.24, 2.45) is 0 Å². The zero-order valence-corrected chi connectivity index (χ0v) is 7.94. The lowest BCUT2D eigenvalue weighted by Crippen LogP contribution is -1.78. The summed E-state index contributed by atoms with van der Waals surface area (Å²) >= 11 is 0. The van der Waals surface area contributed by atoms with Gasteiger partial charge in [0.1, 0.15) is 5.82 Å². The highest BCUT2D eigenvalue weighted by Gasteiger charge is 2.03. The molecule has 0 aliphatic heterocycles. The van der Waals surface area contributed by atoms with Crippen molar-refractivity contribution in [3.8, 4) is 11.1 Å². The third kappa shape index (κ3) is 1.87. The molecule has 2 aromatic carbocycles. The normalized spacial score (nSPS) is 9.60. The van der Waals surface area contributed by atoms with Crippen molar-refractivity contribution >= 4 is 5.69 Å². The van der Waals surface area contributed by atoms with Gasteiger partial charge >= 0.3 is 0 Å². The zero-order chi connectivity index (χ0) is 10.7. The minimum atomic E-state index is -0.265. The first-order chi connectivity index (χ1) is 7.31. The van der Waals surface area contributed by atoms with Gasteiger partial charge in [-0.25, -0.2) is 9.24 Å². The molecule has 1 nitrogen and oxygen atoms in total. The molecule has 0 unspecified atom stereocenters. The number of hydrogen-bond donors (Lipinski definition) is 0. The van der Waals surface area contributed by atoms with E-state index in [0.29, 0.717) is 5.69 Å². The lowest BCUT2D eigenvalue weighted by atomic mass is 10.0. The molecule has 2 heteroatoms. The predicted molar refractivity (Wildman–Crippen MR) is 58.1 cm³/mol. The van der Waals surface area contributed by atoms with Crippen LogP contribution in [-0.2, 0) is 0 Å². The van der Waals surface area contributed by atoms with Crippen LogP contribution in [0.2, 0.25) is 0 Å². The Bertz CT molecular complexity index is 509. The Morgan fingerprint density at radius 2 is 1.60 bits per heavy atom. The first-order valence-electron chi connectivity index (χ1n) is 4.53. The molecule has 0 fully saturated rings. The van der Waals surface area contributed by atoms with Crippen LogP contribution in [0.15, 0.2) is 48.5 Å². The van der Waals surface area contributed by atoms with Gasteiger partial charge in [0, 0.05) is 0 Å². The van der Waals surface area contributed by atoms with E-state index in [-0.39, 0.29) is 5.82 Å². The number of halogens is 1. The molecule has 0 radical (unpaired) electrons. The van der Waals surface area contributed by atoms with Gasteiger partial charge in [0.25, 0.3) is 0 Å². The molecule has 0 heterocycles. The molecule has 0 bridgehead atoms. The summed E-state index contributed by atoms with van der Waals surface area (Å²) in [5.41, 5.74) is 2.29. The number of benzene rings is 2. The van der Waals surface area contributed by atoms with Crippen LogP contribution in [0.25, 0.3) is 16.0 Å². The first kappa shape index (κ1) is 9.42. The summed E-state index contributed by atoms with van der Waals surface area (Å²) in [5.74, 6) is -0.265. The summed E-state index contributed by atoms with van der Waals surface area (Å²) < 4.78 is 12.7. The summed E-state index contributed by atoms with van der Waals surface area (Å²) in [6.07, 6.45) is 0. The molecular formula is C13H8FN. The smallest absolute Gasteiger partial charge is 0.194 e. The summed E-state index contributed by atoms with van der Waals surface area (Å²) in [4.78, 5) is 3.43. The zero-order valence-electron chi connectivity index (χ0n) is 7.94. The molecule has 0 aliphatic carbocycles. The maximum absolute atomic E-state index is 12.7. The molecule has 15 heavy (non-hydrogen) atoms. The Morgan fingerprint density at radius 3 is 2.27 bits per heavy atom. The second-order valence-corrected chi connectivity index (χ2v) is 3.14. The molecule has 0 atom stereocenters. The Hall–Kier alpha value is -2.14. The second kappa shape index (κ2) is 3.93. The Morgan fingerprint density at radius 1 is 0.933 bits per heavy atom. The second-order valence-electron chi connectivity index (χ2n) is 3.14. The third-order valence-corrected chi connectivity index (χ3v) is 2.18. The topological polar surface area (TPSA) is 4.36 Å². The van der Waals surface area contributed by atoms with Gasteiger partial charge in [0.15, 0.2) is 5.69 Å². The van der Waals surface area contributed by atoms with E-state index >= 15 is 0 Å².